The van der Waals surface area contributed by atoms with Gasteiger partial charge in [0, 0.05) is 31.9 Å². The van der Waals surface area contributed by atoms with Crippen molar-refractivity contribution in [2.45, 2.75) is 32.5 Å². The molecule has 0 unspecified atom stereocenters. The van der Waals surface area contributed by atoms with Crippen LogP contribution < -0.4 is 10.6 Å². The van der Waals surface area contributed by atoms with E-state index in [4.69, 9.17) is 0 Å². The van der Waals surface area contributed by atoms with Gasteiger partial charge >= 0.3 is 6.18 Å². The molecule has 27 heavy (non-hydrogen) atoms. The van der Waals surface area contributed by atoms with Crippen LogP contribution in [0.2, 0.25) is 0 Å². The Morgan fingerprint density at radius 3 is 2.52 bits per heavy atom. The lowest BCUT2D eigenvalue weighted by Crippen LogP contribution is -2.37. The summed E-state index contributed by atoms with van der Waals surface area (Å²) in [6.45, 7) is 3.13. The molecule has 0 spiro atoms. The maximum atomic E-state index is 13.0. The first-order valence-corrected chi connectivity index (χ1v) is 8.56. The summed E-state index contributed by atoms with van der Waals surface area (Å²) >= 11 is 0. The fourth-order valence-corrected chi connectivity index (χ4v) is 2.54. The van der Waals surface area contributed by atoms with Gasteiger partial charge in [-0.05, 0) is 25.3 Å². The summed E-state index contributed by atoms with van der Waals surface area (Å²) in [6, 6.07) is 10.1. The molecule has 1 aromatic carbocycles. The molecule has 0 atom stereocenters. The number of halogens is 4. The monoisotopic (exact) mass is 495 g/mol. The number of guanidine groups is 1. The van der Waals surface area contributed by atoms with Crippen LogP contribution in [0.4, 0.5) is 13.2 Å². The van der Waals surface area contributed by atoms with Crippen LogP contribution in [0.3, 0.4) is 0 Å². The van der Waals surface area contributed by atoms with Gasteiger partial charge in [0.1, 0.15) is 0 Å². The Labute approximate surface area is 174 Å². The Kier molecular flexibility index (Phi) is 9.61. The third-order valence-electron chi connectivity index (χ3n) is 3.70. The molecular weight excluding hydrogens is 470 g/mol. The van der Waals surface area contributed by atoms with Crippen molar-refractivity contribution < 1.29 is 13.2 Å². The highest BCUT2D eigenvalue weighted by atomic mass is 127. The zero-order chi connectivity index (χ0) is 19.0. The number of rotatable bonds is 7. The van der Waals surface area contributed by atoms with Gasteiger partial charge in [-0.15, -0.1) is 24.0 Å². The zero-order valence-corrected chi connectivity index (χ0v) is 17.7. The maximum Gasteiger partial charge on any atom is 0.435 e. The second kappa shape index (κ2) is 11.2. The van der Waals surface area contributed by atoms with Crippen molar-refractivity contribution in [3.63, 3.8) is 0 Å². The lowest BCUT2D eigenvalue weighted by Gasteiger charge is -2.11. The van der Waals surface area contributed by atoms with Crippen LogP contribution in [0, 0.1) is 0 Å². The second-order valence-electron chi connectivity index (χ2n) is 5.89. The highest BCUT2D eigenvalue weighted by Crippen LogP contribution is 2.30. The van der Waals surface area contributed by atoms with Gasteiger partial charge in [0.25, 0.3) is 0 Å². The summed E-state index contributed by atoms with van der Waals surface area (Å²) in [5, 5.41) is 9.70. The van der Waals surface area contributed by atoms with Crippen molar-refractivity contribution in [2.75, 3.05) is 13.1 Å². The van der Waals surface area contributed by atoms with E-state index in [1.54, 1.807) is 0 Å². The summed E-state index contributed by atoms with van der Waals surface area (Å²) in [4.78, 5) is 4.26. The number of aliphatic imine (C=N–C) groups is 1. The third-order valence-corrected chi connectivity index (χ3v) is 3.70. The summed E-state index contributed by atoms with van der Waals surface area (Å²) in [7, 11) is 1.47. The molecule has 0 aliphatic carbocycles. The SMILES string of the molecule is CCNC(=NCc1cn(C)nc1C(F)(F)F)NCCCc1ccccc1.I. The average molecular weight is 495 g/mol. The van der Waals surface area contributed by atoms with Gasteiger partial charge in [-0.3, -0.25) is 4.68 Å². The average Bonchev–Trinajstić information content (AvgIpc) is 2.98. The van der Waals surface area contributed by atoms with Crippen LogP contribution in [0.5, 0.6) is 0 Å². The molecule has 0 aliphatic heterocycles. The largest absolute Gasteiger partial charge is 0.435 e. The van der Waals surface area contributed by atoms with Gasteiger partial charge < -0.3 is 10.6 Å². The maximum absolute atomic E-state index is 13.0. The van der Waals surface area contributed by atoms with Crippen molar-refractivity contribution >= 4 is 29.9 Å². The Morgan fingerprint density at radius 2 is 1.89 bits per heavy atom. The van der Waals surface area contributed by atoms with Gasteiger partial charge in [0.05, 0.1) is 6.54 Å². The molecule has 0 saturated heterocycles. The van der Waals surface area contributed by atoms with Crippen molar-refractivity contribution in [3.8, 4) is 0 Å². The summed E-state index contributed by atoms with van der Waals surface area (Å²) in [5.74, 6) is 0.498. The van der Waals surface area contributed by atoms with Crippen LogP contribution >= 0.6 is 24.0 Å². The topological polar surface area (TPSA) is 54.2 Å². The lowest BCUT2D eigenvalue weighted by molar-refractivity contribution is -0.142. The smallest absolute Gasteiger partial charge is 0.357 e. The predicted octanol–water partition coefficient (Wildman–Crippen LogP) is 3.74. The molecule has 9 heteroatoms. The summed E-state index contributed by atoms with van der Waals surface area (Å²) in [5.41, 5.74) is 0.423. The summed E-state index contributed by atoms with van der Waals surface area (Å²) < 4.78 is 40.1. The van der Waals surface area contributed by atoms with Crippen molar-refractivity contribution in [1.29, 1.82) is 0 Å². The molecule has 0 saturated carbocycles. The fourth-order valence-electron chi connectivity index (χ4n) is 2.54. The molecule has 2 N–H and O–H groups in total. The lowest BCUT2D eigenvalue weighted by atomic mass is 10.1. The van der Waals surface area contributed by atoms with Gasteiger partial charge in [-0.2, -0.15) is 18.3 Å². The molecule has 0 radical (unpaired) electrons. The van der Waals surface area contributed by atoms with E-state index in [1.165, 1.54) is 18.8 Å². The minimum atomic E-state index is -4.48. The van der Waals surface area contributed by atoms with Crippen molar-refractivity contribution in [3.05, 3.63) is 53.3 Å². The third kappa shape index (κ3) is 7.77. The first kappa shape index (κ1) is 23.3. The number of aromatic nitrogens is 2. The normalized spacial score (nSPS) is 11.8. The van der Waals surface area contributed by atoms with E-state index in [-0.39, 0.29) is 36.1 Å². The highest BCUT2D eigenvalue weighted by Gasteiger charge is 2.36. The van der Waals surface area contributed by atoms with E-state index in [1.807, 2.05) is 25.1 Å². The second-order valence-corrected chi connectivity index (χ2v) is 5.89. The van der Waals surface area contributed by atoms with Crippen LogP contribution in [-0.2, 0) is 26.2 Å². The Balaban J connectivity index is 0.00000364. The number of hydrogen-bond donors (Lipinski definition) is 2. The molecular formula is C18H25F3IN5. The van der Waals surface area contributed by atoms with E-state index >= 15 is 0 Å². The van der Waals surface area contributed by atoms with Gasteiger partial charge in [-0.1, -0.05) is 30.3 Å². The minimum absolute atomic E-state index is 0. The van der Waals surface area contributed by atoms with Crippen LogP contribution in [0.25, 0.3) is 0 Å². The van der Waals surface area contributed by atoms with Crippen molar-refractivity contribution in [2.24, 2.45) is 12.0 Å². The number of nitrogens with one attached hydrogen (secondary N) is 2. The van der Waals surface area contributed by atoms with Gasteiger partial charge in [-0.25, -0.2) is 4.99 Å². The van der Waals surface area contributed by atoms with E-state index in [0.717, 1.165) is 17.5 Å². The molecule has 0 amide bonds. The van der Waals surface area contributed by atoms with E-state index < -0.39 is 11.9 Å². The Bertz CT molecular complexity index is 714. The van der Waals surface area contributed by atoms with Gasteiger partial charge in [0.15, 0.2) is 11.7 Å². The fraction of sp³-hybridized carbons (Fsp3) is 0.444. The minimum Gasteiger partial charge on any atom is -0.357 e. The van der Waals surface area contributed by atoms with Crippen LogP contribution in [0.15, 0.2) is 41.5 Å². The van der Waals surface area contributed by atoms with Crippen LogP contribution in [-0.4, -0.2) is 28.8 Å². The molecule has 0 bridgehead atoms. The highest BCUT2D eigenvalue weighted by molar-refractivity contribution is 14.0. The molecule has 5 nitrogen and oxygen atoms in total. The molecule has 0 fully saturated rings. The van der Waals surface area contributed by atoms with Crippen LogP contribution in [0.1, 0.15) is 30.2 Å². The number of aryl methyl sites for hydroxylation is 2. The van der Waals surface area contributed by atoms with Crippen molar-refractivity contribution in [1.82, 2.24) is 20.4 Å². The predicted molar refractivity (Wildman–Crippen MR) is 111 cm³/mol. The number of hydrogen-bond acceptors (Lipinski definition) is 2. The zero-order valence-electron chi connectivity index (χ0n) is 15.4. The number of alkyl halides is 3. The molecule has 1 aromatic heterocycles. The van der Waals surface area contributed by atoms with E-state index in [2.05, 4.69) is 32.9 Å². The Hall–Kier alpha value is -1.78. The molecule has 0 aliphatic rings. The molecule has 150 valence electrons. The quantitative estimate of drug-likeness (QED) is 0.267. The van der Waals surface area contributed by atoms with Gasteiger partial charge in [0.2, 0.25) is 0 Å². The first-order valence-electron chi connectivity index (χ1n) is 8.56. The number of benzene rings is 1. The summed E-state index contributed by atoms with van der Waals surface area (Å²) in [6.07, 6.45) is -1.30. The first-order chi connectivity index (χ1) is 12.4. The van der Waals surface area contributed by atoms with E-state index in [9.17, 15) is 13.2 Å². The molecule has 2 rings (SSSR count). The molecule has 2 aromatic rings. The number of nitrogens with zero attached hydrogens (tertiary/aromatic N) is 3. The Morgan fingerprint density at radius 1 is 1.19 bits per heavy atom. The standard InChI is InChI=1S/C18H24F3N5.HI/c1-3-22-17(23-11-7-10-14-8-5-4-6-9-14)24-12-15-13-26(2)25-16(15)18(19,20)21;/h4-6,8-9,13H,3,7,10-12H2,1-2H3,(H2,22,23,24);1H. The molecule has 1 heterocycles. The van der Waals surface area contributed by atoms with E-state index in [0.29, 0.717) is 19.0 Å².